The molecule has 0 saturated heterocycles. The predicted octanol–water partition coefficient (Wildman–Crippen LogP) is 0.562. The number of carbonyl (C=O) groups is 2. The summed E-state index contributed by atoms with van der Waals surface area (Å²) in [6, 6.07) is 5.92. The smallest absolute Gasteiger partial charge is 0.328 e. The Morgan fingerprint density at radius 1 is 1.19 bits per heavy atom. The highest BCUT2D eigenvalue weighted by Gasteiger charge is 2.35. The van der Waals surface area contributed by atoms with E-state index in [1.807, 2.05) is 0 Å². The van der Waals surface area contributed by atoms with E-state index in [1.165, 1.54) is 13.2 Å². The molecule has 4 unspecified atom stereocenters. The lowest BCUT2D eigenvalue weighted by molar-refractivity contribution is -0.144. The van der Waals surface area contributed by atoms with Crippen LogP contribution >= 0.6 is 0 Å². The van der Waals surface area contributed by atoms with E-state index in [1.54, 1.807) is 38.3 Å². The molecule has 0 radical (unpaired) electrons. The van der Waals surface area contributed by atoms with E-state index >= 15 is 0 Å². The Labute approximate surface area is 157 Å². The molecule has 0 fully saturated rings. The van der Waals surface area contributed by atoms with Gasteiger partial charge in [-0.25, -0.2) is 4.79 Å². The van der Waals surface area contributed by atoms with Crippen molar-refractivity contribution in [3.05, 3.63) is 35.9 Å². The van der Waals surface area contributed by atoms with E-state index in [0.29, 0.717) is 17.9 Å². The molecule has 0 spiro atoms. The minimum Gasteiger partial charge on any atom is -0.497 e. The third-order valence-corrected chi connectivity index (χ3v) is 4.35. The van der Waals surface area contributed by atoms with Crippen molar-refractivity contribution in [2.45, 2.75) is 44.1 Å². The molecule has 4 atom stereocenters. The Morgan fingerprint density at radius 2 is 1.81 bits per heavy atom. The summed E-state index contributed by atoms with van der Waals surface area (Å²) in [5.74, 6) is 0.0389. The first-order valence-corrected chi connectivity index (χ1v) is 8.65. The molecule has 0 heterocycles. The van der Waals surface area contributed by atoms with Crippen molar-refractivity contribution in [3.8, 4) is 11.5 Å². The van der Waals surface area contributed by atoms with Gasteiger partial charge in [0.1, 0.15) is 29.7 Å². The lowest BCUT2D eigenvalue weighted by atomic mass is 9.91. The van der Waals surface area contributed by atoms with Crippen molar-refractivity contribution in [2.75, 3.05) is 14.2 Å². The number of hydrogen-bond donors (Lipinski definition) is 3. The summed E-state index contributed by atoms with van der Waals surface area (Å²) >= 11 is 0. The van der Waals surface area contributed by atoms with Crippen molar-refractivity contribution >= 4 is 11.9 Å². The van der Waals surface area contributed by atoms with Crippen molar-refractivity contribution in [1.29, 1.82) is 0 Å². The lowest BCUT2D eigenvalue weighted by Crippen LogP contribution is -2.47. The summed E-state index contributed by atoms with van der Waals surface area (Å²) in [6.07, 6.45) is -1.50. The van der Waals surface area contributed by atoms with E-state index in [0.717, 1.165) is 0 Å². The fourth-order valence-corrected chi connectivity index (χ4v) is 2.73. The molecular weight excluding hydrogens is 354 g/mol. The number of hydrogen-bond acceptors (Lipinski definition) is 7. The summed E-state index contributed by atoms with van der Waals surface area (Å²) in [5.41, 5.74) is 0.230. The van der Waals surface area contributed by atoms with Crippen LogP contribution in [0.25, 0.3) is 0 Å². The van der Waals surface area contributed by atoms with Gasteiger partial charge in [-0.2, -0.15) is 0 Å². The summed E-state index contributed by atoms with van der Waals surface area (Å²) in [5, 5.41) is 22.9. The number of esters is 1. The van der Waals surface area contributed by atoms with Crippen LogP contribution in [0.1, 0.15) is 19.8 Å². The van der Waals surface area contributed by atoms with E-state index in [-0.39, 0.29) is 12.0 Å². The monoisotopic (exact) mass is 379 g/mol. The Hall–Kier alpha value is -2.58. The molecule has 1 aliphatic carbocycles. The number of rotatable bonds is 7. The van der Waals surface area contributed by atoms with Crippen LogP contribution in [0.4, 0.5) is 0 Å². The molecule has 0 bridgehead atoms. The maximum absolute atomic E-state index is 12.5. The Bertz CT molecular complexity index is 686. The maximum Gasteiger partial charge on any atom is 0.328 e. The number of aliphatic hydroxyl groups excluding tert-OH is 2. The number of nitrogens with one attached hydrogen (secondary N) is 1. The molecule has 1 amide bonds. The van der Waals surface area contributed by atoms with Gasteiger partial charge >= 0.3 is 5.97 Å². The minimum absolute atomic E-state index is 0.0485. The number of ether oxygens (including phenoxy) is 3. The zero-order chi connectivity index (χ0) is 20.0. The normalized spacial score (nSPS) is 23.0. The first kappa shape index (κ1) is 20.7. The standard InChI is InChI=1S/C19H25NO7/c1-4-14(19(24)26-3)20-18(23)11-9-15(21)17(22)16(10-11)27-13-7-5-12(25-2)6-8-13/h5-8,10,14-17,21-22H,4,9H2,1-3H3,(H,20,23). The minimum atomic E-state index is -1.19. The van der Waals surface area contributed by atoms with Crippen LogP contribution in [-0.4, -0.2) is 60.7 Å². The number of aliphatic hydroxyl groups is 2. The molecule has 3 N–H and O–H groups in total. The van der Waals surface area contributed by atoms with Gasteiger partial charge in [0, 0.05) is 12.0 Å². The van der Waals surface area contributed by atoms with Crippen LogP contribution in [0.3, 0.4) is 0 Å². The van der Waals surface area contributed by atoms with Gasteiger partial charge in [0.2, 0.25) is 5.91 Å². The number of methoxy groups -OCH3 is 2. The van der Waals surface area contributed by atoms with Crippen molar-refractivity contribution in [3.63, 3.8) is 0 Å². The molecule has 27 heavy (non-hydrogen) atoms. The molecule has 1 aliphatic rings. The first-order chi connectivity index (χ1) is 12.9. The van der Waals surface area contributed by atoms with Crippen molar-refractivity contribution < 1.29 is 34.0 Å². The molecule has 148 valence electrons. The van der Waals surface area contributed by atoms with Crippen LogP contribution in [0.2, 0.25) is 0 Å². The van der Waals surface area contributed by atoms with Crippen LogP contribution in [0.15, 0.2) is 35.9 Å². The molecule has 1 aromatic carbocycles. The molecule has 8 heteroatoms. The van der Waals surface area contributed by atoms with Gasteiger partial charge in [-0.05, 0) is 36.8 Å². The number of benzene rings is 1. The van der Waals surface area contributed by atoms with Gasteiger partial charge < -0.3 is 29.7 Å². The van der Waals surface area contributed by atoms with Gasteiger partial charge in [0.05, 0.1) is 20.3 Å². The maximum atomic E-state index is 12.5. The zero-order valence-electron chi connectivity index (χ0n) is 15.5. The van der Waals surface area contributed by atoms with Gasteiger partial charge in [-0.15, -0.1) is 0 Å². The second-order valence-electron chi connectivity index (χ2n) is 6.17. The fourth-order valence-electron chi connectivity index (χ4n) is 2.73. The first-order valence-electron chi connectivity index (χ1n) is 8.65. The average Bonchev–Trinajstić information content (AvgIpc) is 2.69. The Balaban J connectivity index is 2.14. The third kappa shape index (κ3) is 5.21. The highest BCUT2D eigenvalue weighted by atomic mass is 16.5. The van der Waals surface area contributed by atoms with Gasteiger partial charge in [0.25, 0.3) is 0 Å². The summed E-state index contributed by atoms with van der Waals surface area (Å²) in [6.45, 7) is 1.74. The Morgan fingerprint density at radius 3 is 2.37 bits per heavy atom. The number of carbonyl (C=O) groups excluding carboxylic acids is 2. The second kappa shape index (κ2) is 9.38. The van der Waals surface area contributed by atoms with Gasteiger partial charge in [0.15, 0.2) is 0 Å². The molecule has 0 saturated carbocycles. The van der Waals surface area contributed by atoms with Crippen molar-refractivity contribution in [1.82, 2.24) is 5.32 Å². The van der Waals surface area contributed by atoms with Crippen molar-refractivity contribution in [2.24, 2.45) is 0 Å². The highest BCUT2D eigenvalue weighted by molar-refractivity contribution is 5.96. The second-order valence-corrected chi connectivity index (χ2v) is 6.17. The molecule has 0 aliphatic heterocycles. The molecule has 1 aromatic rings. The molecule has 0 aromatic heterocycles. The van der Waals surface area contributed by atoms with Crippen LogP contribution in [-0.2, 0) is 14.3 Å². The van der Waals surface area contributed by atoms with E-state index < -0.39 is 36.2 Å². The van der Waals surface area contributed by atoms with Crippen LogP contribution in [0, 0.1) is 0 Å². The predicted molar refractivity (Wildman–Crippen MR) is 96.4 cm³/mol. The highest BCUT2D eigenvalue weighted by Crippen LogP contribution is 2.25. The lowest BCUT2D eigenvalue weighted by Gasteiger charge is -2.31. The summed E-state index contributed by atoms with van der Waals surface area (Å²) in [4.78, 5) is 24.1. The topological polar surface area (TPSA) is 114 Å². The third-order valence-electron chi connectivity index (χ3n) is 4.35. The van der Waals surface area contributed by atoms with E-state index in [4.69, 9.17) is 9.47 Å². The summed E-state index contributed by atoms with van der Waals surface area (Å²) < 4.78 is 15.4. The molecular formula is C19H25NO7. The fraction of sp³-hybridized carbons (Fsp3) is 0.474. The van der Waals surface area contributed by atoms with E-state index in [2.05, 4.69) is 10.1 Å². The zero-order valence-corrected chi connectivity index (χ0v) is 15.5. The summed E-state index contributed by atoms with van der Waals surface area (Å²) in [7, 11) is 2.79. The Kier molecular flexibility index (Phi) is 7.20. The van der Waals surface area contributed by atoms with Gasteiger partial charge in [-0.1, -0.05) is 6.92 Å². The largest absolute Gasteiger partial charge is 0.497 e. The average molecular weight is 379 g/mol. The quantitative estimate of drug-likeness (QED) is 0.593. The SMILES string of the molecule is CCC(NC(=O)C1=CC(Oc2ccc(OC)cc2)C(O)C(O)C1)C(=O)OC. The van der Waals surface area contributed by atoms with Gasteiger partial charge in [-0.3, -0.25) is 4.79 Å². The molecule has 8 nitrogen and oxygen atoms in total. The number of amides is 1. The van der Waals surface area contributed by atoms with E-state index in [9.17, 15) is 19.8 Å². The molecule has 2 rings (SSSR count). The van der Waals surface area contributed by atoms with Crippen LogP contribution in [0.5, 0.6) is 11.5 Å². The van der Waals surface area contributed by atoms with Crippen LogP contribution < -0.4 is 14.8 Å².